The number of ether oxygens (including phenoxy) is 1. The van der Waals surface area contributed by atoms with Crippen molar-refractivity contribution >= 4 is 27.4 Å². The maximum Gasteiger partial charge on any atom is 0.319 e. The Morgan fingerprint density at radius 1 is 1.16 bits per heavy atom. The van der Waals surface area contributed by atoms with Crippen molar-refractivity contribution in [2.75, 3.05) is 30.0 Å². The topological polar surface area (TPSA) is 114 Å². The molecule has 5 rings (SSSR count). The second-order valence-electron chi connectivity index (χ2n) is 8.75. The van der Waals surface area contributed by atoms with Gasteiger partial charge in [0.1, 0.15) is 5.82 Å². The van der Waals surface area contributed by atoms with Crippen molar-refractivity contribution in [2.24, 2.45) is 0 Å². The minimum absolute atomic E-state index is 0.0777. The standard InChI is InChI=1S/C22H27N5O4S/c1-13-11-31-10-9-27(13)21-19-14(2)32(29,30)12-18(19)25-20(26-21)15-3-5-16(6-4-15)23-22(28)24-17-7-8-17/h3-6,13-14,17H,7-12H2,1-2H3,(H2,23,24,28)/t13-,14+/m1/s1. The van der Waals surface area contributed by atoms with Gasteiger partial charge in [0.25, 0.3) is 0 Å². The van der Waals surface area contributed by atoms with Crippen LogP contribution in [-0.4, -0.2) is 56.3 Å². The van der Waals surface area contributed by atoms with Crippen molar-refractivity contribution in [3.05, 3.63) is 35.5 Å². The van der Waals surface area contributed by atoms with Gasteiger partial charge in [0.15, 0.2) is 15.7 Å². The molecule has 0 unspecified atom stereocenters. The predicted molar refractivity (Wildman–Crippen MR) is 121 cm³/mol. The molecule has 1 aromatic carbocycles. The monoisotopic (exact) mass is 457 g/mol. The van der Waals surface area contributed by atoms with E-state index < -0.39 is 15.1 Å². The summed E-state index contributed by atoms with van der Waals surface area (Å²) in [4.78, 5) is 23.6. The zero-order valence-corrected chi connectivity index (χ0v) is 19.0. The summed E-state index contributed by atoms with van der Waals surface area (Å²) in [5.74, 6) is 1.09. The van der Waals surface area contributed by atoms with Crippen LogP contribution >= 0.6 is 0 Å². The number of hydrogen-bond donors (Lipinski definition) is 2. The molecule has 1 saturated carbocycles. The molecule has 3 heterocycles. The molecule has 9 nitrogen and oxygen atoms in total. The van der Waals surface area contributed by atoms with Crippen LogP contribution in [0.3, 0.4) is 0 Å². The second kappa shape index (κ2) is 8.00. The third kappa shape index (κ3) is 4.04. The SMILES string of the molecule is C[C@@H]1COCCN1c1nc(-c2ccc(NC(=O)NC3CC3)cc2)nc2c1[C@H](C)S(=O)(=O)C2. The van der Waals surface area contributed by atoms with E-state index in [1.54, 1.807) is 19.1 Å². The molecule has 0 radical (unpaired) electrons. The molecule has 2 aliphatic heterocycles. The molecule has 0 bridgehead atoms. The summed E-state index contributed by atoms with van der Waals surface area (Å²) in [5.41, 5.74) is 2.71. The maximum atomic E-state index is 12.7. The van der Waals surface area contributed by atoms with Crippen LogP contribution in [-0.2, 0) is 20.3 Å². The molecule has 2 fully saturated rings. The number of sulfone groups is 1. The zero-order valence-electron chi connectivity index (χ0n) is 18.2. The molecule has 2 aromatic rings. The third-order valence-corrected chi connectivity index (χ3v) is 8.23. The Hall–Kier alpha value is -2.72. The first-order valence-corrected chi connectivity index (χ1v) is 12.7. The van der Waals surface area contributed by atoms with Crippen LogP contribution in [0.25, 0.3) is 11.4 Å². The van der Waals surface area contributed by atoms with E-state index in [0.29, 0.717) is 48.3 Å². The molecule has 2 N–H and O–H groups in total. The molecule has 1 aromatic heterocycles. The van der Waals surface area contributed by atoms with Gasteiger partial charge in [-0.3, -0.25) is 0 Å². The minimum Gasteiger partial charge on any atom is -0.377 e. The number of anilines is 2. The molecular formula is C22H27N5O4S. The fourth-order valence-electron chi connectivity index (χ4n) is 4.20. The molecule has 3 aliphatic rings. The van der Waals surface area contributed by atoms with Gasteiger partial charge >= 0.3 is 6.03 Å². The average Bonchev–Trinajstić information content (AvgIpc) is 3.53. The number of urea groups is 1. The number of nitrogens with zero attached hydrogens (tertiary/aromatic N) is 3. The number of aromatic nitrogens is 2. The number of benzene rings is 1. The van der Waals surface area contributed by atoms with Crippen LogP contribution in [0.1, 0.15) is 43.2 Å². The van der Waals surface area contributed by atoms with E-state index >= 15 is 0 Å². The smallest absolute Gasteiger partial charge is 0.319 e. The summed E-state index contributed by atoms with van der Waals surface area (Å²) >= 11 is 0. The number of carbonyl (C=O) groups excluding carboxylic acids is 1. The van der Waals surface area contributed by atoms with Crippen LogP contribution in [0.2, 0.25) is 0 Å². The van der Waals surface area contributed by atoms with Gasteiger partial charge in [-0.25, -0.2) is 23.2 Å². The Morgan fingerprint density at radius 2 is 1.91 bits per heavy atom. The van der Waals surface area contributed by atoms with Crippen molar-refractivity contribution in [1.29, 1.82) is 0 Å². The molecule has 1 aliphatic carbocycles. The number of morpholine rings is 1. The van der Waals surface area contributed by atoms with Gasteiger partial charge in [-0.2, -0.15) is 0 Å². The van der Waals surface area contributed by atoms with E-state index in [9.17, 15) is 13.2 Å². The first kappa shape index (κ1) is 21.1. The van der Waals surface area contributed by atoms with E-state index in [1.165, 1.54) is 0 Å². The lowest BCUT2D eigenvalue weighted by molar-refractivity contribution is 0.0984. The Balaban J connectivity index is 1.48. The van der Waals surface area contributed by atoms with Crippen LogP contribution < -0.4 is 15.5 Å². The van der Waals surface area contributed by atoms with Gasteiger partial charge in [0.2, 0.25) is 0 Å². The molecule has 170 valence electrons. The third-order valence-electron chi connectivity index (χ3n) is 6.24. The highest BCUT2D eigenvalue weighted by Gasteiger charge is 2.40. The highest BCUT2D eigenvalue weighted by molar-refractivity contribution is 7.91. The number of rotatable bonds is 4. The van der Waals surface area contributed by atoms with E-state index in [-0.39, 0.29) is 23.9 Å². The summed E-state index contributed by atoms with van der Waals surface area (Å²) in [6, 6.07) is 7.44. The van der Waals surface area contributed by atoms with E-state index in [2.05, 4.69) is 27.4 Å². The number of carbonyl (C=O) groups is 1. The lowest BCUT2D eigenvalue weighted by Gasteiger charge is -2.35. The summed E-state index contributed by atoms with van der Waals surface area (Å²) in [5, 5.41) is 5.08. The Morgan fingerprint density at radius 3 is 2.59 bits per heavy atom. The Labute approximate surface area is 187 Å². The van der Waals surface area contributed by atoms with E-state index in [1.807, 2.05) is 12.1 Å². The molecule has 0 spiro atoms. The molecule has 32 heavy (non-hydrogen) atoms. The minimum atomic E-state index is -3.30. The highest BCUT2D eigenvalue weighted by atomic mass is 32.2. The molecule has 2 atom stereocenters. The fraction of sp³-hybridized carbons (Fsp3) is 0.500. The van der Waals surface area contributed by atoms with Crippen LogP contribution in [0.4, 0.5) is 16.3 Å². The van der Waals surface area contributed by atoms with Crippen molar-refractivity contribution in [2.45, 2.75) is 49.8 Å². The lowest BCUT2D eigenvalue weighted by atomic mass is 10.1. The largest absolute Gasteiger partial charge is 0.377 e. The van der Waals surface area contributed by atoms with Crippen molar-refractivity contribution in [3.63, 3.8) is 0 Å². The zero-order chi connectivity index (χ0) is 22.5. The number of amides is 2. The van der Waals surface area contributed by atoms with Crippen molar-refractivity contribution in [1.82, 2.24) is 15.3 Å². The Kier molecular flexibility index (Phi) is 5.29. The summed E-state index contributed by atoms with van der Waals surface area (Å²) in [7, 11) is -3.30. The van der Waals surface area contributed by atoms with Crippen LogP contribution in [0.5, 0.6) is 0 Å². The normalized spacial score (nSPS) is 24.1. The van der Waals surface area contributed by atoms with Crippen molar-refractivity contribution < 1.29 is 17.9 Å². The predicted octanol–water partition coefficient (Wildman–Crippen LogP) is 2.64. The van der Waals surface area contributed by atoms with Gasteiger partial charge < -0.3 is 20.3 Å². The van der Waals surface area contributed by atoms with Gasteiger partial charge in [0.05, 0.1) is 36.0 Å². The van der Waals surface area contributed by atoms with E-state index in [0.717, 1.165) is 18.4 Å². The highest BCUT2D eigenvalue weighted by Crippen LogP contribution is 2.42. The quantitative estimate of drug-likeness (QED) is 0.725. The number of nitrogens with one attached hydrogen (secondary N) is 2. The maximum absolute atomic E-state index is 12.7. The van der Waals surface area contributed by atoms with Crippen LogP contribution in [0.15, 0.2) is 24.3 Å². The second-order valence-corrected chi connectivity index (χ2v) is 11.1. The first-order valence-electron chi connectivity index (χ1n) is 11.0. The van der Waals surface area contributed by atoms with Crippen molar-refractivity contribution in [3.8, 4) is 11.4 Å². The van der Waals surface area contributed by atoms with Gasteiger partial charge in [-0.05, 0) is 51.0 Å². The summed E-state index contributed by atoms with van der Waals surface area (Å²) in [6.07, 6.45) is 2.06. The first-order chi connectivity index (χ1) is 15.3. The molecule has 10 heteroatoms. The lowest BCUT2D eigenvalue weighted by Crippen LogP contribution is -2.44. The van der Waals surface area contributed by atoms with E-state index in [4.69, 9.17) is 9.72 Å². The van der Waals surface area contributed by atoms with Gasteiger partial charge in [-0.15, -0.1) is 0 Å². The molecular weight excluding hydrogens is 430 g/mol. The Bertz CT molecular complexity index is 1150. The summed E-state index contributed by atoms with van der Waals surface area (Å²) < 4.78 is 30.9. The molecule has 2 amide bonds. The van der Waals surface area contributed by atoms with Gasteiger partial charge in [-0.1, -0.05) is 0 Å². The van der Waals surface area contributed by atoms with Gasteiger partial charge in [0, 0.05) is 29.4 Å². The summed E-state index contributed by atoms with van der Waals surface area (Å²) in [6.45, 7) is 5.55. The number of fused-ring (bicyclic) bond motifs is 1. The fourth-order valence-corrected chi connectivity index (χ4v) is 5.65. The van der Waals surface area contributed by atoms with Crippen LogP contribution in [0, 0.1) is 0 Å². The molecule has 1 saturated heterocycles. The number of hydrogen-bond acceptors (Lipinski definition) is 7. The average molecular weight is 458 g/mol.